The van der Waals surface area contributed by atoms with Crippen molar-refractivity contribution in [2.75, 3.05) is 20.4 Å². The first kappa shape index (κ1) is 21.5. The SMILES string of the molecule is CCCCP.COC(=O)c1cc(C(=O)O)cc(S(=O)(=O)OC)c1. The molecule has 1 N–H and O–H groups in total. The van der Waals surface area contributed by atoms with Crippen LogP contribution in [0.15, 0.2) is 23.1 Å². The van der Waals surface area contributed by atoms with Crippen molar-refractivity contribution in [3.63, 3.8) is 0 Å². The quantitative estimate of drug-likeness (QED) is 0.468. The summed E-state index contributed by atoms with van der Waals surface area (Å²) in [4.78, 5) is 21.7. The van der Waals surface area contributed by atoms with Gasteiger partial charge in [-0.2, -0.15) is 8.42 Å². The molecular weight excluding hydrogens is 343 g/mol. The molecule has 0 amide bonds. The summed E-state index contributed by atoms with van der Waals surface area (Å²) in [6, 6.07) is 2.90. The topological polar surface area (TPSA) is 107 Å². The maximum atomic E-state index is 11.5. The number of benzene rings is 1. The largest absolute Gasteiger partial charge is 0.478 e. The van der Waals surface area contributed by atoms with Gasteiger partial charge in [0.05, 0.1) is 30.2 Å². The van der Waals surface area contributed by atoms with Crippen molar-refractivity contribution in [2.24, 2.45) is 0 Å². The summed E-state index contributed by atoms with van der Waals surface area (Å²) in [7, 11) is 0.639. The maximum Gasteiger partial charge on any atom is 0.337 e. The van der Waals surface area contributed by atoms with E-state index in [0.717, 1.165) is 32.4 Å². The molecule has 0 saturated carbocycles. The molecule has 1 atom stereocenters. The van der Waals surface area contributed by atoms with E-state index in [-0.39, 0.29) is 11.1 Å². The highest BCUT2D eigenvalue weighted by molar-refractivity contribution is 7.86. The zero-order chi connectivity index (χ0) is 18.0. The number of hydrogen-bond acceptors (Lipinski definition) is 6. The number of carboxylic acid groups (broad SMARTS) is 1. The van der Waals surface area contributed by atoms with Crippen LogP contribution in [0.5, 0.6) is 0 Å². The second kappa shape index (κ2) is 10.3. The van der Waals surface area contributed by atoms with Crippen LogP contribution in [0.1, 0.15) is 40.5 Å². The van der Waals surface area contributed by atoms with Gasteiger partial charge < -0.3 is 9.84 Å². The molecule has 0 heterocycles. The molecule has 7 nitrogen and oxygen atoms in total. The molecule has 0 aliphatic heterocycles. The van der Waals surface area contributed by atoms with E-state index < -0.39 is 27.0 Å². The Morgan fingerprint density at radius 2 is 1.74 bits per heavy atom. The third-order valence-electron chi connectivity index (χ3n) is 2.64. The fourth-order valence-electron chi connectivity index (χ4n) is 1.40. The van der Waals surface area contributed by atoms with Gasteiger partial charge in [-0.1, -0.05) is 19.8 Å². The summed E-state index contributed by atoms with van der Waals surface area (Å²) < 4.78 is 31.6. The van der Waals surface area contributed by atoms with Crippen LogP contribution in [0.2, 0.25) is 0 Å². The summed E-state index contributed by atoms with van der Waals surface area (Å²) in [6.07, 6.45) is 3.94. The predicted octanol–water partition coefficient (Wildman–Crippen LogP) is 2.17. The van der Waals surface area contributed by atoms with Gasteiger partial charge >= 0.3 is 11.9 Å². The Bertz CT molecular complexity index is 639. The highest BCUT2D eigenvalue weighted by Crippen LogP contribution is 2.18. The molecule has 0 saturated heterocycles. The lowest BCUT2D eigenvalue weighted by molar-refractivity contribution is 0.0600. The summed E-state index contributed by atoms with van der Waals surface area (Å²) in [5.74, 6) is -2.21. The molecule has 0 aromatic heterocycles. The van der Waals surface area contributed by atoms with E-state index in [4.69, 9.17) is 5.11 Å². The molecule has 0 aliphatic rings. The van der Waals surface area contributed by atoms with Crippen LogP contribution in [0.25, 0.3) is 0 Å². The van der Waals surface area contributed by atoms with Crippen molar-refractivity contribution in [3.05, 3.63) is 29.3 Å². The Hall–Kier alpha value is -1.50. The average molecular weight is 364 g/mol. The highest BCUT2D eigenvalue weighted by atomic mass is 32.2. The lowest BCUT2D eigenvalue weighted by atomic mass is 10.1. The molecular formula is C14H21O7PS. The first-order chi connectivity index (χ1) is 10.7. The molecule has 1 rings (SSSR count). The zero-order valence-electron chi connectivity index (χ0n) is 13.2. The van der Waals surface area contributed by atoms with Gasteiger partial charge in [-0.05, 0) is 24.4 Å². The van der Waals surface area contributed by atoms with Crippen LogP contribution in [-0.4, -0.2) is 45.8 Å². The molecule has 0 fully saturated rings. The summed E-state index contributed by atoms with van der Waals surface area (Å²) in [5.41, 5.74) is -0.540. The van der Waals surface area contributed by atoms with Crippen molar-refractivity contribution in [1.29, 1.82) is 0 Å². The second-order valence-corrected chi connectivity index (χ2v) is 6.60. The molecule has 0 spiro atoms. The summed E-state index contributed by atoms with van der Waals surface area (Å²) >= 11 is 0. The number of ether oxygens (including phenoxy) is 1. The third-order valence-corrected chi connectivity index (χ3v) is 4.30. The molecule has 0 radical (unpaired) electrons. The summed E-state index contributed by atoms with van der Waals surface area (Å²) in [5, 5.41) is 8.84. The molecule has 1 aromatic carbocycles. The fourth-order valence-corrected chi connectivity index (χ4v) is 2.55. The van der Waals surface area contributed by atoms with Crippen molar-refractivity contribution < 1.29 is 32.0 Å². The van der Waals surface area contributed by atoms with Crippen LogP contribution < -0.4 is 0 Å². The highest BCUT2D eigenvalue weighted by Gasteiger charge is 2.20. The van der Waals surface area contributed by atoms with Crippen LogP contribution in [0.4, 0.5) is 0 Å². The number of carbonyl (C=O) groups excluding carboxylic acids is 1. The number of unbranched alkanes of at least 4 members (excludes halogenated alkanes) is 1. The number of methoxy groups -OCH3 is 1. The first-order valence-electron chi connectivity index (χ1n) is 6.70. The summed E-state index contributed by atoms with van der Waals surface area (Å²) in [6.45, 7) is 2.20. The molecule has 23 heavy (non-hydrogen) atoms. The lowest BCUT2D eigenvalue weighted by Gasteiger charge is -2.06. The Balaban J connectivity index is 0.000000841. The molecule has 9 heteroatoms. The van der Waals surface area contributed by atoms with E-state index in [1.165, 1.54) is 19.0 Å². The van der Waals surface area contributed by atoms with E-state index in [9.17, 15) is 18.0 Å². The van der Waals surface area contributed by atoms with Crippen molar-refractivity contribution in [3.8, 4) is 0 Å². The van der Waals surface area contributed by atoms with E-state index >= 15 is 0 Å². The van der Waals surface area contributed by atoms with Gasteiger partial charge in [0, 0.05) is 0 Å². The number of hydrogen-bond donors (Lipinski definition) is 1. The normalized spacial score (nSPS) is 10.4. The van der Waals surface area contributed by atoms with E-state index in [1.807, 2.05) is 0 Å². The number of rotatable bonds is 6. The van der Waals surface area contributed by atoms with Crippen molar-refractivity contribution in [1.82, 2.24) is 0 Å². The molecule has 0 bridgehead atoms. The van der Waals surface area contributed by atoms with Gasteiger partial charge in [-0.15, -0.1) is 9.24 Å². The van der Waals surface area contributed by atoms with Crippen LogP contribution in [0.3, 0.4) is 0 Å². The first-order valence-corrected chi connectivity index (χ1v) is 8.93. The zero-order valence-corrected chi connectivity index (χ0v) is 15.2. The Morgan fingerprint density at radius 1 is 1.17 bits per heavy atom. The van der Waals surface area contributed by atoms with Crippen molar-refractivity contribution >= 4 is 31.3 Å². The maximum absolute atomic E-state index is 11.5. The lowest BCUT2D eigenvalue weighted by Crippen LogP contribution is -2.10. The molecule has 1 unspecified atom stereocenters. The monoisotopic (exact) mass is 364 g/mol. The standard InChI is InChI=1S/C10H10O7S.C4H11P/c1-16-10(13)7-3-6(9(11)12)4-8(5-7)18(14,15)17-2;1-2-3-4-5/h3-5H,1-2H3,(H,11,12);2-5H2,1H3. The van der Waals surface area contributed by atoms with Gasteiger partial charge in [0.2, 0.25) is 0 Å². The predicted molar refractivity (Wildman–Crippen MR) is 88.4 cm³/mol. The minimum atomic E-state index is -4.09. The van der Waals surface area contributed by atoms with E-state index in [1.54, 1.807) is 0 Å². The van der Waals surface area contributed by atoms with Gasteiger partial charge in [-0.3, -0.25) is 4.18 Å². The smallest absolute Gasteiger partial charge is 0.337 e. The second-order valence-electron chi connectivity index (χ2n) is 4.31. The Morgan fingerprint density at radius 3 is 2.09 bits per heavy atom. The van der Waals surface area contributed by atoms with E-state index in [2.05, 4.69) is 25.1 Å². The van der Waals surface area contributed by atoms with Crippen LogP contribution >= 0.6 is 9.24 Å². The Labute approximate surface area is 138 Å². The number of carbonyl (C=O) groups is 2. The number of carboxylic acids is 1. The van der Waals surface area contributed by atoms with Crippen molar-refractivity contribution in [2.45, 2.75) is 24.7 Å². The van der Waals surface area contributed by atoms with Crippen LogP contribution in [-0.2, 0) is 19.0 Å². The molecule has 1 aromatic rings. The number of esters is 1. The van der Waals surface area contributed by atoms with Gasteiger partial charge in [-0.25, -0.2) is 9.59 Å². The molecule has 130 valence electrons. The Kier molecular flexibility index (Phi) is 9.64. The van der Waals surface area contributed by atoms with Gasteiger partial charge in [0.1, 0.15) is 0 Å². The minimum Gasteiger partial charge on any atom is -0.478 e. The van der Waals surface area contributed by atoms with Crippen LogP contribution in [0, 0.1) is 0 Å². The number of aromatic carboxylic acids is 1. The molecule has 0 aliphatic carbocycles. The van der Waals surface area contributed by atoms with Gasteiger partial charge in [0.25, 0.3) is 10.1 Å². The van der Waals surface area contributed by atoms with E-state index in [0.29, 0.717) is 0 Å². The fraction of sp³-hybridized carbons (Fsp3) is 0.429. The minimum absolute atomic E-state index is 0.187. The third kappa shape index (κ3) is 7.07. The van der Waals surface area contributed by atoms with Gasteiger partial charge in [0.15, 0.2) is 0 Å². The average Bonchev–Trinajstić information content (AvgIpc) is 2.54.